The summed E-state index contributed by atoms with van der Waals surface area (Å²) in [7, 11) is 0. The van der Waals surface area contributed by atoms with Crippen LogP contribution in [0, 0.1) is 0 Å². The van der Waals surface area contributed by atoms with Gasteiger partial charge in [0.25, 0.3) is 0 Å². The van der Waals surface area contributed by atoms with Crippen LogP contribution in [-0.4, -0.2) is 15.1 Å². The molecule has 3 aromatic rings. The van der Waals surface area contributed by atoms with Gasteiger partial charge in [-0.1, -0.05) is 0 Å². The molecular formula is C13H11N3O. The van der Waals surface area contributed by atoms with Gasteiger partial charge in [-0.25, -0.2) is 0 Å². The van der Waals surface area contributed by atoms with Gasteiger partial charge in [0.05, 0.1) is 17.6 Å². The van der Waals surface area contributed by atoms with E-state index in [1.807, 2.05) is 24.4 Å². The van der Waals surface area contributed by atoms with Crippen molar-refractivity contribution in [3.05, 3.63) is 42.7 Å². The Morgan fingerprint density at radius 1 is 1.18 bits per heavy atom. The number of phenols is 1. The van der Waals surface area contributed by atoms with Crippen LogP contribution in [0.2, 0.25) is 0 Å². The normalized spacial score (nSPS) is 10.8. The first-order valence-corrected chi connectivity index (χ1v) is 5.26. The third kappa shape index (κ3) is 1.59. The van der Waals surface area contributed by atoms with Crippen molar-refractivity contribution in [2.24, 2.45) is 0 Å². The predicted octanol–water partition coefficient (Wildman–Crippen LogP) is 2.52. The number of phenolic OH excluding ortho intramolecular Hbond substituents is 1. The van der Waals surface area contributed by atoms with E-state index in [1.54, 1.807) is 18.3 Å². The van der Waals surface area contributed by atoms with Crippen LogP contribution in [0.25, 0.3) is 22.2 Å². The largest absolute Gasteiger partial charge is 0.508 e. The number of H-pyrrole nitrogens is 1. The molecule has 2 heterocycles. The smallest absolute Gasteiger partial charge is 0.116 e. The van der Waals surface area contributed by atoms with E-state index in [9.17, 15) is 5.11 Å². The first-order chi connectivity index (χ1) is 8.24. The Hall–Kier alpha value is -2.49. The van der Waals surface area contributed by atoms with E-state index in [4.69, 9.17) is 5.73 Å². The number of aromatic nitrogens is 2. The van der Waals surface area contributed by atoms with E-state index in [-0.39, 0.29) is 5.75 Å². The SMILES string of the molecule is Nc1ccc(-c2c[nH]c3ccc(O)cc23)nc1. The number of aromatic amines is 1. The van der Waals surface area contributed by atoms with Crippen LogP contribution in [-0.2, 0) is 0 Å². The molecule has 4 nitrogen and oxygen atoms in total. The lowest BCUT2D eigenvalue weighted by Crippen LogP contribution is -1.87. The van der Waals surface area contributed by atoms with Crippen LogP contribution >= 0.6 is 0 Å². The molecule has 0 saturated carbocycles. The minimum absolute atomic E-state index is 0.244. The second-order valence-electron chi connectivity index (χ2n) is 3.91. The Kier molecular flexibility index (Phi) is 2.01. The standard InChI is InChI=1S/C13H11N3O/c14-8-1-3-13(15-6-8)11-7-16-12-4-2-9(17)5-10(11)12/h1-7,16-17H,14H2. The van der Waals surface area contributed by atoms with Crippen molar-refractivity contribution >= 4 is 16.6 Å². The molecule has 0 bridgehead atoms. The number of anilines is 1. The number of aromatic hydroxyl groups is 1. The molecule has 0 aliphatic rings. The minimum atomic E-state index is 0.244. The summed E-state index contributed by atoms with van der Waals surface area (Å²) in [6.45, 7) is 0. The fraction of sp³-hybridized carbons (Fsp3) is 0. The van der Waals surface area contributed by atoms with Crippen molar-refractivity contribution in [2.45, 2.75) is 0 Å². The van der Waals surface area contributed by atoms with Gasteiger partial charge in [0, 0.05) is 22.7 Å². The highest BCUT2D eigenvalue weighted by Crippen LogP contribution is 2.29. The lowest BCUT2D eigenvalue weighted by Gasteiger charge is -2.00. The van der Waals surface area contributed by atoms with Gasteiger partial charge in [0.1, 0.15) is 5.75 Å². The average molecular weight is 225 g/mol. The molecule has 0 unspecified atom stereocenters. The third-order valence-corrected chi connectivity index (χ3v) is 2.73. The zero-order valence-electron chi connectivity index (χ0n) is 9.01. The van der Waals surface area contributed by atoms with E-state index in [1.165, 1.54) is 0 Å². The molecule has 4 heteroatoms. The number of hydrogen-bond acceptors (Lipinski definition) is 3. The van der Waals surface area contributed by atoms with Gasteiger partial charge in [-0.15, -0.1) is 0 Å². The number of nitrogens with one attached hydrogen (secondary N) is 1. The molecule has 17 heavy (non-hydrogen) atoms. The van der Waals surface area contributed by atoms with Crippen molar-refractivity contribution in [3.8, 4) is 17.0 Å². The summed E-state index contributed by atoms with van der Waals surface area (Å²) in [5.74, 6) is 0.244. The highest BCUT2D eigenvalue weighted by molar-refractivity contribution is 5.95. The van der Waals surface area contributed by atoms with E-state index < -0.39 is 0 Å². The summed E-state index contributed by atoms with van der Waals surface area (Å²) in [5, 5.41) is 10.5. The number of nitrogen functional groups attached to an aromatic ring is 1. The fourth-order valence-corrected chi connectivity index (χ4v) is 1.89. The third-order valence-electron chi connectivity index (χ3n) is 2.73. The van der Waals surface area contributed by atoms with Crippen LogP contribution in [0.1, 0.15) is 0 Å². The molecular weight excluding hydrogens is 214 g/mol. The minimum Gasteiger partial charge on any atom is -0.508 e. The van der Waals surface area contributed by atoms with E-state index >= 15 is 0 Å². The first-order valence-electron chi connectivity index (χ1n) is 5.26. The molecule has 0 aliphatic carbocycles. The van der Waals surface area contributed by atoms with Gasteiger partial charge >= 0.3 is 0 Å². The summed E-state index contributed by atoms with van der Waals surface area (Å²) in [4.78, 5) is 7.42. The van der Waals surface area contributed by atoms with Crippen molar-refractivity contribution in [2.75, 3.05) is 5.73 Å². The van der Waals surface area contributed by atoms with Crippen LogP contribution < -0.4 is 5.73 Å². The van der Waals surface area contributed by atoms with Gasteiger partial charge in [-0.2, -0.15) is 0 Å². The van der Waals surface area contributed by atoms with Crippen molar-refractivity contribution in [1.29, 1.82) is 0 Å². The molecule has 0 spiro atoms. The average Bonchev–Trinajstić information content (AvgIpc) is 2.73. The lowest BCUT2D eigenvalue weighted by molar-refractivity contribution is 0.476. The van der Waals surface area contributed by atoms with Crippen molar-refractivity contribution in [1.82, 2.24) is 9.97 Å². The Labute approximate surface area is 97.7 Å². The molecule has 0 amide bonds. The Balaban J connectivity index is 2.23. The number of fused-ring (bicyclic) bond motifs is 1. The molecule has 0 atom stereocenters. The topological polar surface area (TPSA) is 74.9 Å². The van der Waals surface area contributed by atoms with Gasteiger partial charge in [-0.05, 0) is 30.3 Å². The van der Waals surface area contributed by atoms with E-state index in [0.29, 0.717) is 5.69 Å². The maximum Gasteiger partial charge on any atom is 0.116 e. The number of benzene rings is 1. The second kappa shape index (κ2) is 3.52. The number of rotatable bonds is 1. The molecule has 4 N–H and O–H groups in total. The summed E-state index contributed by atoms with van der Waals surface area (Å²) in [5.41, 5.74) is 9.00. The molecule has 84 valence electrons. The van der Waals surface area contributed by atoms with Gasteiger partial charge < -0.3 is 15.8 Å². The predicted molar refractivity (Wildman–Crippen MR) is 67.6 cm³/mol. The van der Waals surface area contributed by atoms with Crippen molar-refractivity contribution < 1.29 is 5.11 Å². The van der Waals surface area contributed by atoms with Crippen LogP contribution in [0.5, 0.6) is 5.75 Å². The molecule has 0 saturated heterocycles. The van der Waals surface area contributed by atoms with Gasteiger partial charge in [0.15, 0.2) is 0 Å². The summed E-state index contributed by atoms with van der Waals surface area (Å²) in [6, 6.07) is 8.88. The van der Waals surface area contributed by atoms with Crippen LogP contribution in [0.15, 0.2) is 42.7 Å². The van der Waals surface area contributed by atoms with Gasteiger partial charge in [0.2, 0.25) is 0 Å². The zero-order chi connectivity index (χ0) is 11.8. The molecule has 3 rings (SSSR count). The maximum absolute atomic E-state index is 9.51. The number of nitrogens with zero attached hydrogens (tertiary/aromatic N) is 1. The highest BCUT2D eigenvalue weighted by Gasteiger charge is 2.07. The summed E-state index contributed by atoms with van der Waals surface area (Å²) < 4.78 is 0. The molecule has 0 radical (unpaired) electrons. The van der Waals surface area contributed by atoms with E-state index in [0.717, 1.165) is 22.2 Å². The summed E-state index contributed by atoms with van der Waals surface area (Å²) in [6.07, 6.45) is 3.50. The highest BCUT2D eigenvalue weighted by atomic mass is 16.3. The van der Waals surface area contributed by atoms with Crippen molar-refractivity contribution in [3.63, 3.8) is 0 Å². The fourth-order valence-electron chi connectivity index (χ4n) is 1.89. The maximum atomic E-state index is 9.51. The number of hydrogen-bond donors (Lipinski definition) is 3. The first kappa shape index (κ1) is 9.72. The van der Waals surface area contributed by atoms with E-state index in [2.05, 4.69) is 9.97 Å². The number of nitrogens with two attached hydrogens (primary N) is 1. The quantitative estimate of drug-likeness (QED) is 0.595. The number of pyridine rings is 1. The Bertz CT molecular complexity index is 671. The monoisotopic (exact) mass is 225 g/mol. The molecule has 2 aromatic heterocycles. The molecule has 0 fully saturated rings. The molecule has 0 aliphatic heterocycles. The Morgan fingerprint density at radius 3 is 2.82 bits per heavy atom. The summed E-state index contributed by atoms with van der Waals surface area (Å²) >= 11 is 0. The molecule has 1 aromatic carbocycles. The van der Waals surface area contributed by atoms with Gasteiger partial charge in [-0.3, -0.25) is 4.98 Å². The second-order valence-corrected chi connectivity index (χ2v) is 3.91. The van der Waals surface area contributed by atoms with Crippen LogP contribution in [0.3, 0.4) is 0 Å². The van der Waals surface area contributed by atoms with Crippen LogP contribution in [0.4, 0.5) is 5.69 Å². The zero-order valence-corrected chi connectivity index (χ0v) is 9.01. The Morgan fingerprint density at radius 2 is 2.06 bits per heavy atom. The lowest BCUT2D eigenvalue weighted by atomic mass is 10.1.